The highest BCUT2D eigenvalue weighted by Crippen LogP contribution is 2.51. The highest BCUT2D eigenvalue weighted by Gasteiger charge is 2.56. The Morgan fingerprint density at radius 3 is 2.62 bits per heavy atom. The Morgan fingerprint density at radius 1 is 1.21 bits per heavy atom. The van der Waals surface area contributed by atoms with Gasteiger partial charge in [0.2, 0.25) is 0 Å². The van der Waals surface area contributed by atoms with Gasteiger partial charge in [-0.15, -0.1) is 0 Å². The molecule has 0 amide bonds. The number of nitrogens with zero attached hydrogens (tertiary/aromatic N) is 4. The molecule has 1 aliphatic rings. The van der Waals surface area contributed by atoms with E-state index < -0.39 is 19.0 Å². The fourth-order valence-corrected chi connectivity index (χ4v) is 5.50. The Bertz CT molecular complexity index is 1200. The molecule has 2 heterocycles. The van der Waals surface area contributed by atoms with E-state index in [0.29, 0.717) is 42.1 Å². The molecule has 182 valence electrons. The van der Waals surface area contributed by atoms with Crippen molar-refractivity contribution in [2.24, 2.45) is 0 Å². The van der Waals surface area contributed by atoms with E-state index in [1.807, 2.05) is 13.0 Å². The number of fused-ring (bicyclic) bond motifs is 1. The van der Waals surface area contributed by atoms with Crippen LogP contribution in [0.1, 0.15) is 33.6 Å². The summed E-state index contributed by atoms with van der Waals surface area (Å²) in [5, 5.41) is 2.96. The summed E-state index contributed by atoms with van der Waals surface area (Å²) in [6.07, 6.45) is 3.11. The molecule has 34 heavy (non-hydrogen) atoms. The van der Waals surface area contributed by atoms with Crippen LogP contribution in [0.4, 0.5) is 5.82 Å². The molecule has 3 N–H and O–H groups in total. The fraction of sp³-hybridized carbons (Fsp3) is 0.455. The van der Waals surface area contributed by atoms with Crippen molar-refractivity contribution in [3.8, 4) is 5.75 Å². The number of esters is 1. The Balaban J connectivity index is 1.47. The predicted octanol–water partition coefficient (Wildman–Crippen LogP) is 3.12. The Labute approximate surface area is 197 Å². The highest BCUT2D eigenvalue weighted by atomic mass is 31.2. The maximum absolute atomic E-state index is 13.9. The number of nitrogens with one attached hydrogen (secondary N) is 1. The lowest BCUT2D eigenvalue weighted by Crippen LogP contribution is -2.41. The van der Waals surface area contributed by atoms with Crippen LogP contribution in [0.25, 0.3) is 11.2 Å². The zero-order chi connectivity index (χ0) is 24.3. The topological polar surface area (TPSA) is 143 Å². The molecule has 12 heteroatoms. The number of rotatable bonds is 11. The van der Waals surface area contributed by atoms with Crippen LogP contribution in [0.3, 0.4) is 0 Å². The quantitative estimate of drug-likeness (QED) is 0.305. The van der Waals surface area contributed by atoms with Gasteiger partial charge in [0.05, 0.1) is 25.1 Å². The second kappa shape index (κ2) is 9.69. The van der Waals surface area contributed by atoms with Gasteiger partial charge in [-0.1, -0.05) is 18.2 Å². The van der Waals surface area contributed by atoms with Crippen LogP contribution in [0.15, 0.2) is 43.0 Å². The van der Waals surface area contributed by atoms with E-state index in [4.69, 9.17) is 19.7 Å². The number of benzene rings is 1. The van der Waals surface area contributed by atoms with Crippen LogP contribution in [-0.4, -0.2) is 49.6 Å². The van der Waals surface area contributed by atoms with E-state index in [2.05, 4.69) is 20.0 Å². The molecule has 0 aliphatic heterocycles. The van der Waals surface area contributed by atoms with Crippen LogP contribution < -0.4 is 15.3 Å². The van der Waals surface area contributed by atoms with Gasteiger partial charge >= 0.3 is 13.5 Å². The van der Waals surface area contributed by atoms with Gasteiger partial charge in [0.15, 0.2) is 11.5 Å². The average Bonchev–Trinajstić information content (AvgIpc) is 3.45. The maximum atomic E-state index is 13.9. The molecule has 0 saturated heterocycles. The van der Waals surface area contributed by atoms with E-state index in [9.17, 15) is 9.36 Å². The van der Waals surface area contributed by atoms with Crippen molar-refractivity contribution in [3.05, 3.63) is 43.0 Å². The van der Waals surface area contributed by atoms with Gasteiger partial charge in [0.1, 0.15) is 29.5 Å². The Hall–Kier alpha value is -3.01. The molecule has 0 radical (unpaired) electrons. The van der Waals surface area contributed by atoms with Crippen molar-refractivity contribution in [2.45, 2.75) is 57.9 Å². The zero-order valence-corrected chi connectivity index (χ0v) is 20.3. The monoisotopic (exact) mass is 488 g/mol. The molecular weight excluding hydrogens is 459 g/mol. The van der Waals surface area contributed by atoms with Gasteiger partial charge in [-0.3, -0.25) is 9.36 Å². The van der Waals surface area contributed by atoms with Gasteiger partial charge in [0.25, 0.3) is 0 Å². The first kappa shape index (κ1) is 24.1. The van der Waals surface area contributed by atoms with E-state index in [1.165, 1.54) is 6.33 Å². The van der Waals surface area contributed by atoms with Gasteiger partial charge in [-0.2, -0.15) is 0 Å². The summed E-state index contributed by atoms with van der Waals surface area (Å²) in [7, 11) is -3.64. The van der Waals surface area contributed by atoms with Gasteiger partial charge in [-0.25, -0.2) is 20.0 Å². The third-order valence-electron chi connectivity index (χ3n) is 5.28. The second-order valence-electron chi connectivity index (χ2n) is 8.66. The predicted molar refractivity (Wildman–Crippen MR) is 126 cm³/mol. The van der Waals surface area contributed by atoms with Gasteiger partial charge < -0.3 is 24.3 Å². The third kappa shape index (κ3) is 5.55. The van der Waals surface area contributed by atoms with Crippen molar-refractivity contribution in [1.29, 1.82) is 0 Å². The van der Waals surface area contributed by atoms with Crippen molar-refractivity contribution in [3.63, 3.8) is 0 Å². The lowest BCUT2D eigenvalue weighted by atomic mass is 10.3. The van der Waals surface area contributed by atoms with E-state index >= 15 is 0 Å². The molecule has 1 saturated carbocycles. The summed E-state index contributed by atoms with van der Waals surface area (Å²) in [5.41, 5.74) is 5.91. The van der Waals surface area contributed by atoms with Crippen LogP contribution >= 0.6 is 7.52 Å². The second-order valence-corrected chi connectivity index (χ2v) is 10.7. The lowest BCUT2D eigenvalue weighted by molar-refractivity contribution is -0.150. The average molecular weight is 488 g/mol. The molecule has 3 aromatic rings. The molecule has 4 rings (SSSR count). The number of imidazole rings is 1. The molecule has 11 nitrogen and oxygen atoms in total. The molecule has 2 unspecified atom stereocenters. The Morgan fingerprint density at radius 2 is 1.94 bits per heavy atom. The third-order valence-corrected chi connectivity index (χ3v) is 7.04. The van der Waals surface area contributed by atoms with Crippen LogP contribution in [0.5, 0.6) is 5.75 Å². The zero-order valence-electron chi connectivity index (χ0n) is 19.4. The van der Waals surface area contributed by atoms with Crippen molar-refractivity contribution >= 4 is 30.5 Å². The smallest absolute Gasteiger partial charge is 0.342 e. The van der Waals surface area contributed by atoms with E-state index in [0.717, 1.165) is 0 Å². The highest BCUT2D eigenvalue weighted by molar-refractivity contribution is 7.57. The minimum Gasteiger partial charge on any atom is -0.462 e. The summed E-state index contributed by atoms with van der Waals surface area (Å²) >= 11 is 0. The van der Waals surface area contributed by atoms with Gasteiger partial charge in [0, 0.05) is 0 Å². The number of nitrogens with two attached hydrogens (primary N) is 1. The van der Waals surface area contributed by atoms with Crippen molar-refractivity contribution in [1.82, 2.24) is 24.6 Å². The van der Waals surface area contributed by atoms with E-state index in [1.54, 1.807) is 49.0 Å². The number of nitrogen functional groups attached to an aromatic ring is 1. The van der Waals surface area contributed by atoms with Crippen molar-refractivity contribution < 1.29 is 23.4 Å². The van der Waals surface area contributed by atoms with Crippen LogP contribution in [-0.2, 0) is 25.4 Å². The molecule has 2 atom stereocenters. The lowest BCUT2D eigenvalue weighted by Gasteiger charge is -2.27. The maximum Gasteiger partial charge on any atom is 0.342 e. The minimum absolute atomic E-state index is 0.247. The molecule has 2 aromatic heterocycles. The normalized spacial score (nSPS) is 17.3. The van der Waals surface area contributed by atoms with Crippen LogP contribution in [0, 0.1) is 0 Å². The van der Waals surface area contributed by atoms with Gasteiger partial charge in [-0.05, 0) is 45.7 Å². The number of anilines is 1. The summed E-state index contributed by atoms with van der Waals surface area (Å²) in [5.74, 6) is 0.273. The van der Waals surface area contributed by atoms with E-state index in [-0.39, 0.29) is 18.6 Å². The SMILES string of the molecule is CC(C)OC(=O)C1(NP(=O)(COC(C)Cn2cnc3c(N)ncnc32)Oc2ccccc2)CC1. The number of carbonyl (C=O) groups is 1. The van der Waals surface area contributed by atoms with Crippen LogP contribution in [0.2, 0.25) is 0 Å². The molecule has 0 spiro atoms. The largest absolute Gasteiger partial charge is 0.462 e. The van der Waals surface area contributed by atoms with Crippen molar-refractivity contribution in [2.75, 3.05) is 12.1 Å². The molecule has 1 aliphatic carbocycles. The number of hydrogen-bond donors (Lipinski definition) is 2. The number of carbonyl (C=O) groups excluding carboxylic acids is 1. The molecule has 1 fully saturated rings. The Kier molecular flexibility index (Phi) is 6.88. The number of aromatic nitrogens is 4. The number of hydrogen-bond acceptors (Lipinski definition) is 9. The first-order valence-electron chi connectivity index (χ1n) is 11.1. The summed E-state index contributed by atoms with van der Waals surface area (Å²) in [6.45, 7) is 5.77. The fourth-order valence-electron chi connectivity index (χ4n) is 3.46. The molecular formula is C22H29N6O5P. The molecule has 0 bridgehead atoms. The first-order chi connectivity index (χ1) is 16.2. The standard InChI is InChI=1S/C22H29N6O5P/c1-15(2)32-21(29)22(9-10-22)27-34(30,33-17-7-5-4-6-8-17)14-31-16(3)11-28-13-26-18-19(23)24-12-25-20(18)28/h4-8,12-13,15-16H,9-11,14H2,1-3H3,(H,27,30)(H2,23,24,25). The first-order valence-corrected chi connectivity index (χ1v) is 12.9. The summed E-state index contributed by atoms with van der Waals surface area (Å²) in [4.78, 5) is 25.1. The molecule has 1 aromatic carbocycles. The number of para-hydroxylation sites is 1. The number of ether oxygens (including phenoxy) is 2. The minimum atomic E-state index is -3.64. The summed E-state index contributed by atoms with van der Waals surface area (Å²) < 4.78 is 32.8. The summed E-state index contributed by atoms with van der Waals surface area (Å²) in [6, 6.07) is 8.79.